The lowest BCUT2D eigenvalue weighted by Gasteiger charge is -2.15. The lowest BCUT2D eigenvalue weighted by Crippen LogP contribution is -2.18. The Morgan fingerprint density at radius 3 is 2.67 bits per heavy atom. The van der Waals surface area contributed by atoms with E-state index in [-0.39, 0.29) is 5.92 Å². The van der Waals surface area contributed by atoms with E-state index < -0.39 is 0 Å². The number of hydrogen-bond acceptors (Lipinski definition) is 4. The van der Waals surface area contributed by atoms with Crippen LogP contribution in [0.5, 0.6) is 0 Å². The highest BCUT2D eigenvalue weighted by molar-refractivity contribution is 8.13. The first kappa shape index (κ1) is 13.4. The second kappa shape index (κ2) is 6.81. The molecule has 0 radical (unpaired) electrons. The zero-order chi connectivity index (χ0) is 11.3. The minimum atomic E-state index is 0.258. The molecule has 0 aromatic heterocycles. The molecule has 4 heteroatoms. The molecule has 0 aromatic rings. The monoisotopic (exact) mass is 247 g/mol. The predicted octanol–water partition coefficient (Wildman–Crippen LogP) is 2.19. The van der Waals surface area contributed by atoms with Crippen LogP contribution >= 0.6 is 24.4 Å². The number of carbonyl (C=O) groups excluding carboxylic acids is 1. The van der Waals surface area contributed by atoms with Crippen LogP contribution in [0.25, 0.3) is 0 Å². The molecule has 0 bridgehead atoms. The first-order valence-corrected chi connectivity index (χ1v) is 7.32. The van der Waals surface area contributed by atoms with Gasteiger partial charge in [0.15, 0.2) is 5.12 Å². The largest absolute Gasteiger partial charge is 0.330 e. The van der Waals surface area contributed by atoms with Crippen molar-refractivity contribution in [3.63, 3.8) is 0 Å². The third kappa shape index (κ3) is 3.68. The maximum Gasteiger partial charge on any atom is 0.192 e. The minimum absolute atomic E-state index is 0.258. The second-order valence-corrected chi connectivity index (χ2v) is 5.90. The zero-order valence-electron chi connectivity index (χ0n) is 9.32. The highest BCUT2D eigenvalue weighted by Crippen LogP contribution is 2.40. The van der Waals surface area contributed by atoms with E-state index in [0.29, 0.717) is 17.0 Å². The summed E-state index contributed by atoms with van der Waals surface area (Å²) in [5, 5.41) is 0.373. The number of carbonyl (C=O) groups is 1. The van der Waals surface area contributed by atoms with Gasteiger partial charge < -0.3 is 5.73 Å². The van der Waals surface area contributed by atoms with E-state index in [4.69, 9.17) is 5.73 Å². The van der Waals surface area contributed by atoms with Gasteiger partial charge in [0.05, 0.1) is 0 Å². The van der Waals surface area contributed by atoms with Crippen molar-refractivity contribution in [3.05, 3.63) is 0 Å². The van der Waals surface area contributed by atoms with Gasteiger partial charge in [0.25, 0.3) is 0 Å². The maximum atomic E-state index is 11.8. The smallest absolute Gasteiger partial charge is 0.192 e. The Kier molecular flexibility index (Phi) is 6.09. The van der Waals surface area contributed by atoms with Crippen LogP contribution in [0.3, 0.4) is 0 Å². The van der Waals surface area contributed by atoms with Crippen molar-refractivity contribution >= 4 is 29.5 Å². The first-order valence-electron chi connectivity index (χ1n) is 5.70. The number of rotatable bonds is 5. The van der Waals surface area contributed by atoms with E-state index in [0.717, 1.165) is 37.3 Å². The predicted molar refractivity (Wildman–Crippen MR) is 70.4 cm³/mol. The third-order valence-corrected chi connectivity index (χ3v) is 4.43. The Balaban J connectivity index is 2.48. The van der Waals surface area contributed by atoms with E-state index in [9.17, 15) is 4.79 Å². The van der Waals surface area contributed by atoms with Gasteiger partial charge in [-0.25, -0.2) is 0 Å². The molecule has 1 fully saturated rings. The molecule has 3 unspecified atom stereocenters. The Hall–Kier alpha value is 0.330. The molecular weight excluding hydrogens is 226 g/mol. The van der Waals surface area contributed by atoms with Gasteiger partial charge in [-0.15, -0.1) is 0 Å². The Labute approximate surface area is 102 Å². The lowest BCUT2D eigenvalue weighted by molar-refractivity contribution is -0.114. The van der Waals surface area contributed by atoms with Gasteiger partial charge in [-0.3, -0.25) is 4.79 Å². The summed E-state index contributed by atoms with van der Waals surface area (Å²) in [6.45, 7) is 2.75. The molecule has 88 valence electrons. The fourth-order valence-corrected chi connectivity index (χ4v) is 3.52. The second-order valence-electron chi connectivity index (χ2n) is 4.19. The number of thiol groups is 1. The van der Waals surface area contributed by atoms with E-state index >= 15 is 0 Å². The average Bonchev–Trinajstić information content (AvgIpc) is 2.62. The summed E-state index contributed by atoms with van der Waals surface area (Å²) in [7, 11) is 0. The quantitative estimate of drug-likeness (QED) is 0.732. The summed E-state index contributed by atoms with van der Waals surface area (Å²) >= 11 is 5.73. The number of hydrogen-bond donors (Lipinski definition) is 2. The summed E-state index contributed by atoms with van der Waals surface area (Å²) < 4.78 is 0. The number of nitrogens with two attached hydrogens (primary N) is 1. The molecule has 1 aliphatic rings. The fourth-order valence-electron chi connectivity index (χ4n) is 2.47. The molecule has 0 saturated heterocycles. The molecule has 15 heavy (non-hydrogen) atoms. The van der Waals surface area contributed by atoms with Crippen LogP contribution in [0.2, 0.25) is 0 Å². The van der Waals surface area contributed by atoms with Crippen LogP contribution in [-0.4, -0.2) is 23.2 Å². The molecule has 0 aliphatic heterocycles. The Morgan fingerprint density at radius 2 is 2.13 bits per heavy atom. The molecule has 3 atom stereocenters. The maximum absolute atomic E-state index is 11.8. The van der Waals surface area contributed by atoms with Crippen LogP contribution in [-0.2, 0) is 4.79 Å². The van der Waals surface area contributed by atoms with Crippen molar-refractivity contribution in [2.45, 2.75) is 26.2 Å². The standard InChI is InChI=1S/C11H21NOS2/c1-2-15-11(13)9-5-8(3-4-14)10(6-9)7-12/h8-10,14H,2-7,12H2,1H3. The summed E-state index contributed by atoms with van der Waals surface area (Å²) in [5.41, 5.74) is 5.75. The normalized spacial score (nSPS) is 30.7. The molecular formula is C11H21NOS2. The van der Waals surface area contributed by atoms with E-state index in [1.165, 1.54) is 11.8 Å². The molecule has 0 spiro atoms. The van der Waals surface area contributed by atoms with Gasteiger partial charge in [-0.05, 0) is 49.1 Å². The van der Waals surface area contributed by atoms with E-state index in [2.05, 4.69) is 12.6 Å². The zero-order valence-corrected chi connectivity index (χ0v) is 11.0. The Morgan fingerprint density at radius 1 is 1.47 bits per heavy atom. The van der Waals surface area contributed by atoms with Crippen LogP contribution in [0, 0.1) is 17.8 Å². The van der Waals surface area contributed by atoms with Gasteiger partial charge in [0.2, 0.25) is 0 Å². The first-order chi connectivity index (χ1) is 7.22. The summed E-state index contributed by atoms with van der Waals surface area (Å²) in [5.74, 6) is 3.22. The third-order valence-electron chi connectivity index (χ3n) is 3.26. The highest BCUT2D eigenvalue weighted by atomic mass is 32.2. The van der Waals surface area contributed by atoms with E-state index in [1.54, 1.807) is 0 Å². The molecule has 2 nitrogen and oxygen atoms in total. The van der Waals surface area contributed by atoms with Crippen molar-refractivity contribution in [1.82, 2.24) is 0 Å². The highest BCUT2D eigenvalue weighted by Gasteiger charge is 2.36. The van der Waals surface area contributed by atoms with Crippen molar-refractivity contribution in [3.8, 4) is 0 Å². The van der Waals surface area contributed by atoms with Crippen molar-refractivity contribution in [1.29, 1.82) is 0 Å². The van der Waals surface area contributed by atoms with Gasteiger partial charge >= 0.3 is 0 Å². The average molecular weight is 247 g/mol. The van der Waals surface area contributed by atoms with Crippen molar-refractivity contribution in [2.24, 2.45) is 23.5 Å². The van der Waals surface area contributed by atoms with Gasteiger partial charge in [-0.1, -0.05) is 18.7 Å². The minimum Gasteiger partial charge on any atom is -0.330 e. The fraction of sp³-hybridized carbons (Fsp3) is 0.909. The summed E-state index contributed by atoms with van der Waals surface area (Å²) in [6, 6.07) is 0. The van der Waals surface area contributed by atoms with E-state index in [1.807, 2.05) is 6.92 Å². The molecule has 1 rings (SSSR count). The molecule has 1 aliphatic carbocycles. The van der Waals surface area contributed by atoms with Crippen molar-refractivity contribution < 1.29 is 4.79 Å². The van der Waals surface area contributed by atoms with Gasteiger partial charge in [0, 0.05) is 5.92 Å². The topological polar surface area (TPSA) is 43.1 Å². The summed E-state index contributed by atoms with van der Waals surface area (Å²) in [6.07, 6.45) is 3.14. The van der Waals surface area contributed by atoms with Crippen LogP contribution < -0.4 is 5.73 Å². The van der Waals surface area contributed by atoms with Gasteiger partial charge in [-0.2, -0.15) is 12.6 Å². The lowest BCUT2D eigenvalue weighted by atomic mass is 9.94. The molecule has 0 aromatic carbocycles. The molecule has 0 amide bonds. The van der Waals surface area contributed by atoms with Gasteiger partial charge in [0.1, 0.15) is 0 Å². The SMILES string of the molecule is CCSC(=O)C1CC(CN)C(CCS)C1. The van der Waals surface area contributed by atoms with Crippen LogP contribution in [0.4, 0.5) is 0 Å². The van der Waals surface area contributed by atoms with Crippen LogP contribution in [0.15, 0.2) is 0 Å². The Bertz CT molecular complexity index is 211. The van der Waals surface area contributed by atoms with Crippen molar-refractivity contribution in [2.75, 3.05) is 18.1 Å². The molecule has 1 saturated carbocycles. The molecule has 0 heterocycles. The van der Waals surface area contributed by atoms with Crippen LogP contribution in [0.1, 0.15) is 26.2 Å². The molecule has 2 N–H and O–H groups in total. The summed E-state index contributed by atoms with van der Waals surface area (Å²) in [4.78, 5) is 11.8. The number of thioether (sulfide) groups is 1.